The number of aryl methyl sites for hydroxylation is 1. The summed E-state index contributed by atoms with van der Waals surface area (Å²) in [7, 11) is 0. The molecule has 0 atom stereocenters. The first-order chi connectivity index (χ1) is 11.5. The van der Waals surface area contributed by atoms with E-state index in [0.29, 0.717) is 10.8 Å². The summed E-state index contributed by atoms with van der Waals surface area (Å²) in [5, 5.41) is 7.95. The first-order valence-corrected chi connectivity index (χ1v) is 8.37. The molecule has 1 aromatic carbocycles. The molecule has 0 spiro atoms. The van der Waals surface area contributed by atoms with Gasteiger partial charge in [-0.15, -0.1) is 0 Å². The normalized spacial score (nSPS) is 10.7. The Kier molecular flexibility index (Phi) is 4.69. The van der Waals surface area contributed by atoms with Crippen LogP contribution in [0.5, 0.6) is 0 Å². The summed E-state index contributed by atoms with van der Waals surface area (Å²) in [5.41, 5.74) is 3.36. The summed E-state index contributed by atoms with van der Waals surface area (Å²) in [6.07, 6.45) is 3.56. The smallest absolute Gasteiger partial charge is 0.222 e. The van der Waals surface area contributed by atoms with Crippen molar-refractivity contribution < 1.29 is 4.79 Å². The molecule has 0 saturated carbocycles. The second-order valence-electron chi connectivity index (χ2n) is 5.29. The van der Waals surface area contributed by atoms with Gasteiger partial charge in [0.2, 0.25) is 5.91 Å². The predicted molar refractivity (Wildman–Crippen MR) is 98.5 cm³/mol. The largest absolute Gasteiger partial charge is 0.311 e. The molecule has 0 saturated heterocycles. The zero-order valence-electron chi connectivity index (χ0n) is 13.0. The van der Waals surface area contributed by atoms with Gasteiger partial charge in [0.05, 0.1) is 15.2 Å². The number of hydrogen-bond acceptors (Lipinski definition) is 3. The van der Waals surface area contributed by atoms with Crippen LogP contribution in [0, 0.1) is 6.92 Å². The Morgan fingerprint density at radius 3 is 2.79 bits per heavy atom. The van der Waals surface area contributed by atoms with Gasteiger partial charge < -0.3 is 5.32 Å². The maximum absolute atomic E-state index is 11.2. The van der Waals surface area contributed by atoms with Crippen molar-refractivity contribution in [2.24, 2.45) is 0 Å². The summed E-state index contributed by atoms with van der Waals surface area (Å²) in [6, 6.07) is 9.33. The van der Waals surface area contributed by atoms with Crippen LogP contribution in [-0.2, 0) is 4.79 Å². The number of carbonyl (C=O) groups is 1. The predicted octanol–water partition coefficient (Wildman–Crippen LogP) is 4.62. The molecule has 1 N–H and O–H groups in total. The second-order valence-corrected chi connectivity index (χ2v) is 6.55. The summed E-state index contributed by atoms with van der Waals surface area (Å²) in [5.74, 6) is 0.310. The summed E-state index contributed by atoms with van der Waals surface area (Å²) < 4.78 is 2.57. The fraction of sp³-hybridized carbons (Fsp3) is 0.118. The van der Waals surface area contributed by atoms with Crippen LogP contribution in [-0.4, -0.2) is 20.7 Å². The number of nitrogens with zero attached hydrogens (tertiary/aromatic N) is 3. The lowest BCUT2D eigenvalue weighted by Gasteiger charge is -2.08. The van der Waals surface area contributed by atoms with Crippen LogP contribution in [0.15, 0.2) is 47.2 Å². The summed E-state index contributed by atoms with van der Waals surface area (Å²) >= 11 is 9.81. The molecule has 2 heterocycles. The Balaban J connectivity index is 2.07. The van der Waals surface area contributed by atoms with Crippen LogP contribution in [0.4, 0.5) is 5.82 Å². The van der Waals surface area contributed by atoms with Crippen LogP contribution in [0.2, 0.25) is 5.02 Å². The molecule has 24 heavy (non-hydrogen) atoms. The monoisotopic (exact) mass is 404 g/mol. The highest BCUT2D eigenvalue weighted by Gasteiger charge is 2.14. The maximum Gasteiger partial charge on any atom is 0.222 e. The van der Waals surface area contributed by atoms with Crippen molar-refractivity contribution in [3.05, 3.63) is 57.8 Å². The molecule has 1 amide bonds. The quantitative estimate of drug-likeness (QED) is 0.692. The number of anilines is 1. The molecule has 0 radical (unpaired) electrons. The van der Waals surface area contributed by atoms with Crippen molar-refractivity contribution in [1.29, 1.82) is 0 Å². The van der Waals surface area contributed by atoms with Crippen LogP contribution < -0.4 is 5.32 Å². The van der Waals surface area contributed by atoms with E-state index in [4.69, 9.17) is 11.6 Å². The standard InChI is InChI=1S/C17H14BrClN4O/c1-10-8-20-16(21-11(2)24)7-15(10)23-9-13(18)17(22-23)12-5-3-4-6-14(12)19/h3-9H,1-2H3,(H,20,21,24). The molecular weight excluding hydrogens is 392 g/mol. The number of hydrogen-bond donors (Lipinski definition) is 1. The van der Waals surface area contributed by atoms with Crippen molar-refractivity contribution in [2.75, 3.05) is 5.32 Å². The van der Waals surface area contributed by atoms with Gasteiger partial charge in [-0.05, 0) is 34.5 Å². The Morgan fingerprint density at radius 1 is 1.33 bits per heavy atom. The van der Waals surface area contributed by atoms with Gasteiger partial charge in [-0.3, -0.25) is 4.79 Å². The number of benzene rings is 1. The molecule has 122 valence electrons. The van der Waals surface area contributed by atoms with Crippen molar-refractivity contribution in [3.63, 3.8) is 0 Å². The highest BCUT2D eigenvalue weighted by molar-refractivity contribution is 9.10. The van der Waals surface area contributed by atoms with E-state index in [9.17, 15) is 4.79 Å². The Hall–Kier alpha value is -2.18. The fourth-order valence-corrected chi connectivity index (χ4v) is 3.03. The minimum absolute atomic E-state index is 0.171. The average molecular weight is 406 g/mol. The highest BCUT2D eigenvalue weighted by atomic mass is 79.9. The third-order valence-corrected chi connectivity index (χ3v) is 4.33. The first kappa shape index (κ1) is 16.7. The lowest BCUT2D eigenvalue weighted by Crippen LogP contribution is -2.09. The molecular formula is C17H14BrClN4O. The molecule has 0 fully saturated rings. The minimum Gasteiger partial charge on any atom is -0.311 e. The zero-order valence-corrected chi connectivity index (χ0v) is 15.4. The Bertz CT molecular complexity index is 923. The van der Waals surface area contributed by atoms with Gasteiger partial charge in [0.15, 0.2) is 0 Å². The number of rotatable bonds is 3. The van der Waals surface area contributed by atoms with Crippen LogP contribution >= 0.6 is 27.5 Å². The second kappa shape index (κ2) is 6.75. The van der Waals surface area contributed by atoms with E-state index in [2.05, 4.69) is 31.3 Å². The topological polar surface area (TPSA) is 59.8 Å². The molecule has 2 aromatic heterocycles. The van der Waals surface area contributed by atoms with E-state index < -0.39 is 0 Å². The van der Waals surface area contributed by atoms with Gasteiger partial charge >= 0.3 is 0 Å². The molecule has 3 rings (SSSR count). The van der Waals surface area contributed by atoms with Gasteiger partial charge in [-0.2, -0.15) is 5.10 Å². The molecule has 0 aliphatic rings. The molecule has 5 nitrogen and oxygen atoms in total. The van der Waals surface area contributed by atoms with Crippen LogP contribution in [0.1, 0.15) is 12.5 Å². The van der Waals surface area contributed by atoms with Gasteiger partial charge in [-0.1, -0.05) is 29.8 Å². The molecule has 0 aliphatic carbocycles. The maximum atomic E-state index is 11.2. The molecule has 0 bridgehead atoms. The van der Waals surface area contributed by atoms with Crippen molar-refractivity contribution in [3.8, 4) is 16.9 Å². The SMILES string of the molecule is CC(=O)Nc1cc(-n2cc(Br)c(-c3ccccc3Cl)n2)c(C)cn1. The van der Waals surface area contributed by atoms with E-state index in [0.717, 1.165) is 27.0 Å². The Labute approximate surface area is 152 Å². The number of carbonyl (C=O) groups excluding carboxylic acids is 1. The number of halogens is 2. The first-order valence-electron chi connectivity index (χ1n) is 7.20. The van der Waals surface area contributed by atoms with E-state index in [1.807, 2.05) is 37.4 Å². The number of pyridine rings is 1. The number of amides is 1. The Morgan fingerprint density at radius 2 is 2.08 bits per heavy atom. The highest BCUT2D eigenvalue weighted by Crippen LogP contribution is 2.33. The van der Waals surface area contributed by atoms with Gasteiger partial charge in [-0.25, -0.2) is 9.67 Å². The van der Waals surface area contributed by atoms with Gasteiger partial charge in [0.1, 0.15) is 11.5 Å². The van der Waals surface area contributed by atoms with Crippen molar-refractivity contribution in [1.82, 2.24) is 14.8 Å². The van der Waals surface area contributed by atoms with Crippen molar-refractivity contribution >= 4 is 39.3 Å². The van der Waals surface area contributed by atoms with Gasteiger partial charge in [0, 0.05) is 30.9 Å². The fourth-order valence-electron chi connectivity index (χ4n) is 2.32. The van der Waals surface area contributed by atoms with Crippen LogP contribution in [0.25, 0.3) is 16.9 Å². The zero-order chi connectivity index (χ0) is 17.3. The van der Waals surface area contributed by atoms with E-state index in [-0.39, 0.29) is 5.91 Å². The van der Waals surface area contributed by atoms with Gasteiger partial charge in [0.25, 0.3) is 0 Å². The molecule has 0 unspecified atom stereocenters. The lowest BCUT2D eigenvalue weighted by atomic mass is 10.1. The lowest BCUT2D eigenvalue weighted by molar-refractivity contribution is -0.114. The summed E-state index contributed by atoms with van der Waals surface area (Å²) in [6.45, 7) is 3.38. The van der Waals surface area contributed by atoms with E-state index in [1.54, 1.807) is 16.9 Å². The minimum atomic E-state index is -0.171. The third kappa shape index (κ3) is 3.34. The molecule has 3 aromatic rings. The van der Waals surface area contributed by atoms with E-state index >= 15 is 0 Å². The van der Waals surface area contributed by atoms with Crippen molar-refractivity contribution in [2.45, 2.75) is 13.8 Å². The molecule has 0 aliphatic heterocycles. The summed E-state index contributed by atoms with van der Waals surface area (Å²) in [4.78, 5) is 15.4. The number of nitrogens with one attached hydrogen (secondary N) is 1. The van der Waals surface area contributed by atoms with E-state index in [1.165, 1.54) is 6.92 Å². The average Bonchev–Trinajstić information content (AvgIpc) is 2.91. The van der Waals surface area contributed by atoms with Crippen LogP contribution in [0.3, 0.4) is 0 Å². The molecule has 7 heteroatoms. The number of aromatic nitrogens is 3. The third-order valence-electron chi connectivity index (χ3n) is 3.42.